The Labute approximate surface area is 139 Å². The predicted octanol–water partition coefficient (Wildman–Crippen LogP) is 7.22. The number of hydrogen-bond acceptors (Lipinski definition) is 0. The van der Waals surface area contributed by atoms with Gasteiger partial charge in [0.25, 0.3) is 0 Å². The summed E-state index contributed by atoms with van der Waals surface area (Å²) >= 11 is 4.01. The van der Waals surface area contributed by atoms with E-state index >= 15 is 0 Å². The summed E-state index contributed by atoms with van der Waals surface area (Å²) in [5.74, 6) is 0.837. The van der Waals surface area contributed by atoms with Crippen LogP contribution in [0.25, 0.3) is 0 Å². The summed E-state index contributed by atoms with van der Waals surface area (Å²) in [5.41, 5.74) is 3.13. The van der Waals surface area contributed by atoms with Crippen LogP contribution in [0.4, 0.5) is 0 Å². The Morgan fingerprint density at radius 2 is 1.71 bits per heavy atom. The molecule has 1 aromatic rings. The van der Waals surface area contributed by atoms with Crippen molar-refractivity contribution in [3.63, 3.8) is 0 Å². The van der Waals surface area contributed by atoms with Gasteiger partial charge in [0.2, 0.25) is 0 Å². The van der Waals surface area contributed by atoms with E-state index in [4.69, 9.17) is 0 Å². The number of benzene rings is 1. The van der Waals surface area contributed by atoms with Crippen LogP contribution in [-0.4, -0.2) is 0 Å². The van der Waals surface area contributed by atoms with Crippen LogP contribution in [0.15, 0.2) is 24.3 Å². The van der Waals surface area contributed by atoms with Crippen LogP contribution < -0.4 is 0 Å². The number of hydrogen-bond donors (Lipinski definition) is 0. The molecule has 2 atom stereocenters. The van der Waals surface area contributed by atoms with E-state index in [9.17, 15) is 0 Å². The number of fused-ring (bicyclic) bond motifs is 1. The summed E-state index contributed by atoms with van der Waals surface area (Å²) in [5, 5.41) is 0. The molecule has 0 saturated carbocycles. The molecule has 0 amide bonds. The maximum atomic E-state index is 4.01. The lowest BCUT2D eigenvalue weighted by Crippen LogP contribution is -2.07. The van der Waals surface area contributed by atoms with Crippen LogP contribution in [0.3, 0.4) is 0 Å². The third-order valence-electron chi connectivity index (χ3n) is 4.97. The van der Waals surface area contributed by atoms with Gasteiger partial charge in [0, 0.05) is 4.83 Å². The van der Waals surface area contributed by atoms with Gasteiger partial charge in [-0.2, -0.15) is 0 Å². The molecule has 0 radical (unpaired) electrons. The third-order valence-corrected chi connectivity index (χ3v) is 6.21. The summed E-state index contributed by atoms with van der Waals surface area (Å²) in [7, 11) is 0. The molecule has 2 rings (SSSR count). The Balaban J connectivity index is 1.74. The van der Waals surface area contributed by atoms with Crippen molar-refractivity contribution >= 4 is 15.9 Å². The largest absolute Gasteiger partial charge is 0.0836 e. The molecule has 0 fully saturated rings. The minimum Gasteiger partial charge on any atom is -0.0836 e. The molecule has 1 aromatic carbocycles. The van der Waals surface area contributed by atoms with Crippen molar-refractivity contribution in [2.24, 2.45) is 5.92 Å². The summed E-state index contributed by atoms with van der Waals surface area (Å²) in [6.07, 6.45) is 15.4. The van der Waals surface area contributed by atoms with Crippen LogP contribution in [0, 0.1) is 5.92 Å². The first-order valence-corrected chi connectivity index (χ1v) is 9.96. The molecule has 1 aliphatic rings. The van der Waals surface area contributed by atoms with Crippen molar-refractivity contribution in [2.75, 3.05) is 0 Å². The lowest BCUT2D eigenvalue weighted by molar-refractivity contribution is 0.417. The van der Waals surface area contributed by atoms with Crippen LogP contribution in [0.2, 0.25) is 0 Å². The second-order valence-corrected chi connectivity index (χ2v) is 7.65. The molecule has 0 N–H and O–H groups in total. The molecule has 0 spiro atoms. The van der Waals surface area contributed by atoms with E-state index in [1.54, 1.807) is 11.1 Å². The minimum atomic E-state index is 0.580. The monoisotopic (exact) mass is 350 g/mol. The Morgan fingerprint density at radius 3 is 2.52 bits per heavy atom. The molecule has 0 aromatic heterocycles. The Hall–Kier alpha value is -0.300. The molecule has 0 nitrogen and oxygen atoms in total. The smallest absolute Gasteiger partial charge is 0.0426 e. The van der Waals surface area contributed by atoms with Gasteiger partial charge in [0.15, 0.2) is 0 Å². The van der Waals surface area contributed by atoms with Crippen molar-refractivity contribution in [3.05, 3.63) is 35.4 Å². The number of halogens is 1. The summed E-state index contributed by atoms with van der Waals surface area (Å²) in [6.45, 7) is 2.29. The molecule has 1 heteroatoms. The van der Waals surface area contributed by atoms with E-state index in [-0.39, 0.29) is 0 Å². The van der Waals surface area contributed by atoms with Crippen molar-refractivity contribution in [2.45, 2.75) is 82.4 Å². The summed E-state index contributed by atoms with van der Waals surface area (Å²) in [6, 6.07) is 9.04. The highest BCUT2D eigenvalue weighted by atomic mass is 79.9. The molecule has 1 aliphatic carbocycles. The molecule has 0 heterocycles. The lowest BCUT2D eigenvalue weighted by Gasteiger charge is -2.21. The molecule has 21 heavy (non-hydrogen) atoms. The predicted molar refractivity (Wildman–Crippen MR) is 97.1 cm³/mol. The van der Waals surface area contributed by atoms with Crippen molar-refractivity contribution in [3.8, 4) is 0 Å². The van der Waals surface area contributed by atoms with Crippen LogP contribution in [-0.2, 0) is 6.42 Å². The average Bonchev–Trinajstić information content (AvgIpc) is 2.67. The van der Waals surface area contributed by atoms with E-state index in [0.29, 0.717) is 4.83 Å². The molecular weight excluding hydrogens is 320 g/mol. The molecular formula is C20H31Br. The Kier molecular flexibility index (Phi) is 7.85. The van der Waals surface area contributed by atoms with E-state index in [0.717, 1.165) is 5.92 Å². The van der Waals surface area contributed by atoms with Gasteiger partial charge in [-0.05, 0) is 42.7 Å². The van der Waals surface area contributed by atoms with Gasteiger partial charge >= 0.3 is 0 Å². The van der Waals surface area contributed by atoms with Crippen LogP contribution >= 0.6 is 15.9 Å². The second-order valence-electron chi connectivity index (χ2n) is 6.66. The van der Waals surface area contributed by atoms with Crippen LogP contribution in [0.1, 0.15) is 87.1 Å². The minimum absolute atomic E-state index is 0.580. The SMILES string of the molecule is CCCCCCCCCC1CCCc2ccccc2C1Br. The van der Waals surface area contributed by atoms with E-state index in [2.05, 4.69) is 47.1 Å². The van der Waals surface area contributed by atoms with Crippen molar-refractivity contribution < 1.29 is 0 Å². The maximum absolute atomic E-state index is 4.01. The fourth-order valence-electron chi connectivity index (χ4n) is 3.64. The van der Waals surface area contributed by atoms with Crippen molar-refractivity contribution in [1.82, 2.24) is 0 Å². The number of rotatable bonds is 8. The Morgan fingerprint density at radius 1 is 1.00 bits per heavy atom. The molecule has 0 bridgehead atoms. The molecule has 0 aliphatic heterocycles. The number of aryl methyl sites for hydroxylation is 1. The summed E-state index contributed by atoms with van der Waals surface area (Å²) in [4.78, 5) is 0.580. The van der Waals surface area contributed by atoms with Gasteiger partial charge in [-0.3, -0.25) is 0 Å². The van der Waals surface area contributed by atoms with E-state index < -0.39 is 0 Å². The lowest BCUT2D eigenvalue weighted by atomic mass is 9.91. The fourth-order valence-corrected chi connectivity index (χ4v) is 4.62. The van der Waals surface area contributed by atoms with Gasteiger partial charge < -0.3 is 0 Å². The average molecular weight is 351 g/mol. The molecule has 0 saturated heterocycles. The topological polar surface area (TPSA) is 0 Å². The summed E-state index contributed by atoms with van der Waals surface area (Å²) < 4.78 is 0. The zero-order valence-corrected chi connectivity index (χ0v) is 15.2. The maximum Gasteiger partial charge on any atom is 0.0426 e. The third kappa shape index (κ3) is 5.43. The van der Waals surface area contributed by atoms with E-state index in [1.165, 1.54) is 70.6 Å². The molecule has 118 valence electrons. The van der Waals surface area contributed by atoms with Gasteiger partial charge in [0.05, 0.1) is 0 Å². The van der Waals surface area contributed by atoms with Gasteiger partial charge in [-0.15, -0.1) is 0 Å². The zero-order chi connectivity index (χ0) is 14.9. The first kappa shape index (κ1) is 17.1. The molecule has 2 unspecified atom stereocenters. The Bertz CT molecular complexity index is 399. The second kappa shape index (κ2) is 9.66. The first-order chi connectivity index (χ1) is 10.3. The number of unbranched alkanes of at least 4 members (excludes halogenated alkanes) is 6. The highest BCUT2D eigenvalue weighted by molar-refractivity contribution is 9.09. The van der Waals surface area contributed by atoms with Crippen LogP contribution in [0.5, 0.6) is 0 Å². The van der Waals surface area contributed by atoms with Gasteiger partial charge in [-0.1, -0.05) is 92.1 Å². The van der Waals surface area contributed by atoms with Gasteiger partial charge in [-0.25, -0.2) is 0 Å². The normalized spacial score (nSPS) is 21.8. The van der Waals surface area contributed by atoms with E-state index in [1.807, 2.05) is 0 Å². The van der Waals surface area contributed by atoms with Crippen molar-refractivity contribution in [1.29, 1.82) is 0 Å². The highest BCUT2D eigenvalue weighted by Gasteiger charge is 2.24. The first-order valence-electron chi connectivity index (χ1n) is 9.04. The standard InChI is InChI=1S/C20H31Br/c1-2-3-4-5-6-7-8-13-18-15-11-14-17-12-9-10-16-19(17)20(18)21/h9-10,12,16,18,20H,2-8,11,13-15H2,1H3. The fraction of sp³-hybridized carbons (Fsp3) is 0.700. The highest BCUT2D eigenvalue weighted by Crippen LogP contribution is 2.41. The number of alkyl halides is 1. The zero-order valence-electron chi connectivity index (χ0n) is 13.6. The quantitative estimate of drug-likeness (QED) is 0.263. The van der Waals surface area contributed by atoms with Gasteiger partial charge in [0.1, 0.15) is 0 Å².